The predicted molar refractivity (Wildman–Crippen MR) is 130 cm³/mol. The minimum Gasteiger partial charge on any atom is -0.488 e. The lowest BCUT2D eigenvalue weighted by molar-refractivity contribution is -0.384. The maximum absolute atomic E-state index is 12.6. The summed E-state index contributed by atoms with van der Waals surface area (Å²) in [5, 5.41) is 23.0. The fraction of sp³-hybridized carbons (Fsp3) is 0.120. The second-order valence-electron chi connectivity index (χ2n) is 7.04. The van der Waals surface area contributed by atoms with Crippen LogP contribution in [-0.4, -0.2) is 10.8 Å². The lowest BCUT2D eigenvalue weighted by Gasteiger charge is -2.10. The normalized spacial score (nSPS) is 10.9. The van der Waals surface area contributed by atoms with E-state index in [2.05, 4.69) is 21.2 Å². The zero-order valence-electron chi connectivity index (χ0n) is 17.7. The van der Waals surface area contributed by atoms with Crippen molar-refractivity contribution in [2.24, 2.45) is 0 Å². The van der Waals surface area contributed by atoms with Crippen LogP contribution in [0.4, 0.5) is 11.4 Å². The average Bonchev–Trinajstić information content (AvgIpc) is 2.82. The number of nitrogens with zero attached hydrogens (tertiary/aromatic N) is 2. The molecule has 0 bridgehead atoms. The van der Waals surface area contributed by atoms with Crippen molar-refractivity contribution >= 4 is 39.3 Å². The predicted octanol–water partition coefficient (Wildman–Crippen LogP) is 6.04. The van der Waals surface area contributed by atoms with E-state index in [1.807, 2.05) is 31.2 Å². The number of halogens is 1. The van der Waals surface area contributed by atoms with Gasteiger partial charge < -0.3 is 10.1 Å². The highest BCUT2D eigenvalue weighted by atomic mass is 79.9. The highest BCUT2D eigenvalue weighted by molar-refractivity contribution is 9.10. The van der Waals surface area contributed by atoms with Crippen molar-refractivity contribution in [2.45, 2.75) is 20.0 Å². The van der Waals surface area contributed by atoms with Crippen LogP contribution in [0.3, 0.4) is 0 Å². The highest BCUT2D eigenvalue weighted by Crippen LogP contribution is 2.28. The van der Waals surface area contributed by atoms with E-state index >= 15 is 0 Å². The Bertz CT molecular complexity index is 1250. The largest absolute Gasteiger partial charge is 0.488 e. The van der Waals surface area contributed by atoms with Crippen molar-refractivity contribution < 1.29 is 14.5 Å². The molecule has 0 heterocycles. The first-order valence-corrected chi connectivity index (χ1v) is 10.9. The Morgan fingerprint density at radius 1 is 1.18 bits per heavy atom. The van der Waals surface area contributed by atoms with Crippen molar-refractivity contribution in [2.75, 3.05) is 5.32 Å². The second-order valence-corrected chi connectivity index (χ2v) is 7.89. The van der Waals surface area contributed by atoms with E-state index < -0.39 is 10.8 Å². The zero-order chi connectivity index (χ0) is 23.8. The van der Waals surface area contributed by atoms with Gasteiger partial charge in [-0.2, -0.15) is 5.26 Å². The van der Waals surface area contributed by atoms with Crippen molar-refractivity contribution in [3.63, 3.8) is 0 Å². The minimum atomic E-state index is -0.479. The third-order valence-electron chi connectivity index (χ3n) is 4.82. The van der Waals surface area contributed by atoms with Gasteiger partial charge in [0, 0.05) is 17.8 Å². The number of carbonyl (C=O) groups is 1. The van der Waals surface area contributed by atoms with Crippen LogP contribution < -0.4 is 10.1 Å². The molecule has 1 N–H and O–H groups in total. The molecule has 0 unspecified atom stereocenters. The van der Waals surface area contributed by atoms with Gasteiger partial charge in [0.05, 0.1) is 9.40 Å². The maximum Gasteiger partial charge on any atom is 0.269 e. The molecule has 3 aromatic carbocycles. The van der Waals surface area contributed by atoms with Gasteiger partial charge >= 0.3 is 0 Å². The van der Waals surface area contributed by atoms with Crippen LogP contribution in [0, 0.1) is 21.4 Å². The molecule has 0 atom stereocenters. The molecule has 0 saturated carbocycles. The van der Waals surface area contributed by atoms with Gasteiger partial charge in [0.1, 0.15) is 24.0 Å². The monoisotopic (exact) mass is 505 g/mol. The molecular formula is C25H20BrN3O4. The Morgan fingerprint density at radius 3 is 2.55 bits per heavy atom. The fourth-order valence-corrected chi connectivity index (χ4v) is 3.57. The van der Waals surface area contributed by atoms with Gasteiger partial charge in [-0.15, -0.1) is 0 Å². The van der Waals surface area contributed by atoms with Gasteiger partial charge in [-0.05, 0) is 75.4 Å². The third kappa shape index (κ3) is 6.28. The van der Waals surface area contributed by atoms with Gasteiger partial charge in [0.15, 0.2) is 0 Å². The quantitative estimate of drug-likeness (QED) is 0.174. The summed E-state index contributed by atoms with van der Waals surface area (Å²) in [6, 6.07) is 20.8. The summed E-state index contributed by atoms with van der Waals surface area (Å²) in [5.41, 5.74) is 3.11. The first-order valence-electron chi connectivity index (χ1n) is 10.1. The lowest BCUT2D eigenvalue weighted by Crippen LogP contribution is -2.14. The number of benzene rings is 3. The Labute approximate surface area is 199 Å². The first kappa shape index (κ1) is 23.7. The summed E-state index contributed by atoms with van der Waals surface area (Å²) in [7, 11) is 0. The van der Waals surface area contributed by atoms with E-state index in [4.69, 9.17) is 4.74 Å². The number of non-ortho nitro benzene ring substituents is 1. The molecule has 166 valence electrons. The molecule has 0 aliphatic heterocycles. The Balaban J connectivity index is 1.70. The Morgan fingerprint density at radius 2 is 1.91 bits per heavy atom. The molecule has 0 fully saturated rings. The number of hydrogen-bond acceptors (Lipinski definition) is 5. The third-order valence-corrected chi connectivity index (χ3v) is 5.44. The van der Waals surface area contributed by atoms with Gasteiger partial charge in [-0.1, -0.05) is 31.2 Å². The maximum atomic E-state index is 12.6. The zero-order valence-corrected chi connectivity index (χ0v) is 19.3. The van der Waals surface area contributed by atoms with E-state index in [9.17, 15) is 20.2 Å². The summed E-state index contributed by atoms with van der Waals surface area (Å²) in [4.78, 5) is 22.9. The second kappa shape index (κ2) is 11.1. The van der Waals surface area contributed by atoms with Crippen LogP contribution in [0.5, 0.6) is 5.75 Å². The highest BCUT2D eigenvalue weighted by Gasteiger charge is 2.12. The standard InChI is InChI=1S/C25H20BrN3O4/c1-2-19-5-3-4-6-23(19)28-25(30)20(15-27)13-18-9-12-24(22(26)14-18)33-16-17-7-10-21(11-8-17)29(31)32/h3-14H,2,16H2,1H3,(H,28,30)/b20-13+. The van der Waals surface area contributed by atoms with Crippen LogP contribution >= 0.6 is 15.9 Å². The van der Waals surface area contributed by atoms with Crippen molar-refractivity contribution in [3.05, 3.63) is 104 Å². The Hall–Kier alpha value is -3.96. The summed E-state index contributed by atoms with van der Waals surface area (Å²) in [6.07, 6.45) is 2.27. The first-order chi connectivity index (χ1) is 15.9. The molecule has 7 nitrogen and oxygen atoms in total. The fourth-order valence-electron chi connectivity index (χ4n) is 3.05. The summed E-state index contributed by atoms with van der Waals surface area (Å²) < 4.78 is 6.43. The van der Waals surface area contributed by atoms with E-state index in [0.29, 0.717) is 21.5 Å². The number of nitro benzene ring substituents is 1. The van der Waals surface area contributed by atoms with Crippen LogP contribution in [-0.2, 0) is 17.8 Å². The smallest absolute Gasteiger partial charge is 0.269 e. The molecular weight excluding hydrogens is 486 g/mol. The topological polar surface area (TPSA) is 105 Å². The summed E-state index contributed by atoms with van der Waals surface area (Å²) in [6.45, 7) is 2.23. The lowest BCUT2D eigenvalue weighted by atomic mass is 10.1. The molecule has 0 spiro atoms. The molecule has 8 heteroatoms. The molecule has 0 aliphatic carbocycles. The Kier molecular flexibility index (Phi) is 7.95. The number of para-hydroxylation sites is 1. The van der Waals surface area contributed by atoms with E-state index in [-0.39, 0.29) is 17.9 Å². The van der Waals surface area contributed by atoms with Gasteiger partial charge in [0.2, 0.25) is 0 Å². The van der Waals surface area contributed by atoms with Crippen LogP contribution in [0.1, 0.15) is 23.6 Å². The molecule has 0 aromatic heterocycles. The summed E-state index contributed by atoms with van der Waals surface area (Å²) in [5.74, 6) is 0.0818. The number of ether oxygens (including phenoxy) is 1. The molecule has 3 aromatic rings. The minimum absolute atomic E-state index is 0.0200. The van der Waals surface area contributed by atoms with Crippen LogP contribution in [0.15, 0.2) is 76.8 Å². The number of carbonyl (C=O) groups excluding carboxylic acids is 1. The van der Waals surface area contributed by atoms with Crippen molar-refractivity contribution in [3.8, 4) is 11.8 Å². The van der Waals surface area contributed by atoms with E-state index in [1.165, 1.54) is 18.2 Å². The number of anilines is 1. The number of nitro groups is 1. The number of amides is 1. The number of hydrogen-bond donors (Lipinski definition) is 1. The number of aryl methyl sites for hydroxylation is 1. The number of nitrogens with one attached hydrogen (secondary N) is 1. The van der Waals surface area contributed by atoms with Crippen molar-refractivity contribution in [1.82, 2.24) is 0 Å². The molecule has 1 amide bonds. The number of nitriles is 1. The van der Waals surface area contributed by atoms with Gasteiger partial charge in [0.25, 0.3) is 11.6 Å². The average molecular weight is 506 g/mol. The molecule has 0 radical (unpaired) electrons. The molecule has 0 saturated heterocycles. The number of rotatable bonds is 8. The van der Waals surface area contributed by atoms with Crippen LogP contribution in [0.2, 0.25) is 0 Å². The van der Waals surface area contributed by atoms with E-state index in [0.717, 1.165) is 17.5 Å². The summed E-state index contributed by atoms with van der Waals surface area (Å²) >= 11 is 3.45. The SMILES string of the molecule is CCc1ccccc1NC(=O)/C(C#N)=C/c1ccc(OCc2ccc([N+](=O)[O-])cc2)c(Br)c1. The van der Waals surface area contributed by atoms with Crippen LogP contribution in [0.25, 0.3) is 6.08 Å². The van der Waals surface area contributed by atoms with Gasteiger partial charge in [-0.25, -0.2) is 0 Å². The van der Waals surface area contributed by atoms with Gasteiger partial charge in [-0.3, -0.25) is 14.9 Å². The van der Waals surface area contributed by atoms with Crippen molar-refractivity contribution in [1.29, 1.82) is 5.26 Å². The molecule has 3 rings (SSSR count). The molecule has 0 aliphatic rings. The molecule has 33 heavy (non-hydrogen) atoms. The van der Waals surface area contributed by atoms with E-state index in [1.54, 1.807) is 36.4 Å².